The van der Waals surface area contributed by atoms with Gasteiger partial charge in [-0.3, -0.25) is 0 Å². The number of benzene rings is 1. The highest BCUT2D eigenvalue weighted by Gasteiger charge is 2.13. The fourth-order valence-electron chi connectivity index (χ4n) is 1.80. The fraction of sp³-hybridized carbons (Fsp3) is 0.214. The van der Waals surface area contributed by atoms with E-state index in [-0.39, 0.29) is 5.97 Å². The number of carbonyl (C=O) groups is 1. The van der Waals surface area contributed by atoms with Gasteiger partial charge in [0, 0.05) is 30.8 Å². The maximum absolute atomic E-state index is 11.9. The molecule has 94 valence electrons. The lowest BCUT2D eigenvalue weighted by atomic mass is 10.1. The zero-order valence-corrected chi connectivity index (χ0v) is 10.5. The minimum atomic E-state index is -0.309. The summed E-state index contributed by atoms with van der Waals surface area (Å²) in [6.45, 7) is 2.17. The van der Waals surface area contributed by atoms with Gasteiger partial charge >= 0.3 is 5.97 Å². The van der Waals surface area contributed by atoms with E-state index in [0.717, 1.165) is 11.4 Å². The molecule has 0 aliphatic rings. The fourth-order valence-corrected chi connectivity index (χ4v) is 1.80. The normalized spacial score (nSPS) is 10.1. The van der Waals surface area contributed by atoms with E-state index >= 15 is 0 Å². The van der Waals surface area contributed by atoms with Gasteiger partial charge in [-0.25, -0.2) is 4.79 Å². The minimum absolute atomic E-state index is 0.309. The van der Waals surface area contributed by atoms with Gasteiger partial charge in [-0.05, 0) is 37.3 Å². The molecular weight excluding hydrogens is 228 g/mol. The summed E-state index contributed by atoms with van der Waals surface area (Å²) in [6.07, 6.45) is 3.87. The Morgan fingerprint density at radius 1 is 1.33 bits per heavy atom. The first-order valence-corrected chi connectivity index (χ1v) is 5.88. The average Bonchev–Trinajstić information content (AvgIpc) is 2.92. The number of aromatic nitrogens is 1. The molecule has 1 N–H and O–H groups in total. The highest BCUT2D eigenvalue weighted by molar-refractivity contribution is 5.96. The maximum atomic E-state index is 11.9. The molecule has 4 heteroatoms. The van der Waals surface area contributed by atoms with E-state index in [1.807, 2.05) is 47.3 Å². The smallest absolute Gasteiger partial charge is 0.340 e. The van der Waals surface area contributed by atoms with Crippen LogP contribution in [0.15, 0.2) is 42.7 Å². The van der Waals surface area contributed by atoms with Gasteiger partial charge in [0.1, 0.15) is 0 Å². The van der Waals surface area contributed by atoms with Crippen molar-refractivity contribution in [2.75, 3.05) is 19.0 Å². The zero-order valence-electron chi connectivity index (χ0n) is 10.5. The van der Waals surface area contributed by atoms with Crippen LogP contribution in [-0.4, -0.2) is 24.2 Å². The number of rotatable bonds is 4. The lowest BCUT2D eigenvalue weighted by Gasteiger charge is -2.11. The number of anilines is 1. The first-order chi connectivity index (χ1) is 8.76. The van der Waals surface area contributed by atoms with Crippen molar-refractivity contribution >= 4 is 11.7 Å². The van der Waals surface area contributed by atoms with Crippen LogP contribution in [0.5, 0.6) is 0 Å². The van der Waals surface area contributed by atoms with Crippen molar-refractivity contribution in [1.29, 1.82) is 0 Å². The number of hydrogen-bond acceptors (Lipinski definition) is 3. The van der Waals surface area contributed by atoms with Crippen LogP contribution in [0, 0.1) is 0 Å². The van der Waals surface area contributed by atoms with Gasteiger partial charge in [0.05, 0.1) is 12.2 Å². The number of esters is 1. The Morgan fingerprint density at radius 3 is 2.67 bits per heavy atom. The summed E-state index contributed by atoms with van der Waals surface area (Å²) in [5.74, 6) is -0.309. The van der Waals surface area contributed by atoms with Gasteiger partial charge in [0.15, 0.2) is 0 Å². The molecule has 0 amide bonds. The lowest BCUT2D eigenvalue weighted by molar-refractivity contribution is 0.0527. The highest BCUT2D eigenvalue weighted by atomic mass is 16.5. The van der Waals surface area contributed by atoms with Crippen molar-refractivity contribution in [2.45, 2.75) is 6.92 Å². The second kappa shape index (κ2) is 5.40. The molecule has 1 aromatic heterocycles. The molecule has 4 nitrogen and oxygen atoms in total. The second-order valence-corrected chi connectivity index (χ2v) is 3.79. The predicted molar refractivity (Wildman–Crippen MR) is 71.3 cm³/mol. The molecule has 2 rings (SSSR count). The number of nitrogens with zero attached hydrogens (tertiary/aromatic N) is 1. The average molecular weight is 244 g/mol. The Hall–Kier alpha value is -2.23. The van der Waals surface area contributed by atoms with Crippen molar-refractivity contribution in [3.8, 4) is 5.69 Å². The summed E-state index contributed by atoms with van der Waals surface area (Å²) in [6, 6.07) is 9.53. The predicted octanol–water partition coefficient (Wildman–Crippen LogP) is 2.70. The van der Waals surface area contributed by atoms with E-state index in [9.17, 15) is 4.79 Å². The second-order valence-electron chi connectivity index (χ2n) is 3.79. The topological polar surface area (TPSA) is 43.3 Å². The Kier molecular flexibility index (Phi) is 3.67. The zero-order chi connectivity index (χ0) is 13.0. The minimum Gasteiger partial charge on any atom is -0.462 e. The molecule has 0 bridgehead atoms. The standard InChI is InChI=1S/C14H16N2O2/c1-3-18-14(17)12-10-11(6-7-13(12)15-2)16-8-4-5-9-16/h4-10,15H,3H2,1-2H3. The first kappa shape index (κ1) is 12.2. The van der Waals surface area contributed by atoms with E-state index < -0.39 is 0 Å². The molecule has 0 saturated heterocycles. The summed E-state index contributed by atoms with van der Waals surface area (Å²) in [4.78, 5) is 11.9. The monoisotopic (exact) mass is 244 g/mol. The molecule has 0 radical (unpaired) electrons. The maximum Gasteiger partial charge on any atom is 0.340 e. The molecule has 0 unspecified atom stereocenters. The van der Waals surface area contributed by atoms with Crippen molar-refractivity contribution in [3.63, 3.8) is 0 Å². The van der Waals surface area contributed by atoms with Gasteiger partial charge in [-0.2, -0.15) is 0 Å². The van der Waals surface area contributed by atoms with Crippen LogP contribution in [0.4, 0.5) is 5.69 Å². The summed E-state index contributed by atoms with van der Waals surface area (Å²) in [7, 11) is 1.79. The molecule has 0 aliphatic carbocycles. The molecule has 2 aromatic rings. The largest absolute Gasteiger partial charge is 0.462 e. The number of ether oxygens (including phenoxy) is 1. The van der Waals surface area contributed by atoms with Crippen LogP contribution >= 0.6 is 0 Å². The molecule has 0 aliphatic heterocycles. The van der Waals surface area contributed by atoms with Gasteiger partial charge in [-0.15, -0.1) is 0 Å². The van der Waals surface area contributed by atoms with Crippen molar-refractivity contribution < 1.29 is 9.53 Å². The summed E-state index contributed by atoms with van der Waals surface area (Å²) in [5.41, 5.74) is 2.25. The SMILES string of the molecule is CCOC(=O)c1cc(-n2cccc2)ccc1NC. The molecule has 18 heavy (non-hydrogen) atoms. The van der Waals surface area contributed by atoms with Gasteiger partial charge in [-0.1, -0.05) is 0 Å². The van der Waals surface area contributed by atoms with Crippen LogP contribution in [0.2, 0.25) is 0 Å². The Labute approximate surface area is 106 Å². The third-order valence-electron chi connectivity index (χ3n) is 2.67. The third-order valence-corrected chi connectivity index (χ3v) is 2.67. The molecule has 1 aromatic carbocycles. The van der Waals surface area contributed by atoms with E-state index in [4.69, 9.17) is 4.74 Å². The van der Waals surface area contributed by atoms with Crippen LogP contribution in [0.3, 0.4) is 0 Å². The molecular formula is C14H16N2O2. The Bertz CT molecular complexity index is 533. The van der Waals surface area contributed by atoms with Gasteiger partial charge in [0.25, 0.3) is 0 Å². The van der Waals surface area contributed by atoms with Crippen LogP contribution in [0.1, 0.15) is 17.3 Å². The molecule has 0 saturated carbocycles. The first-order valence-electron chi connectivity index (χ1n) is 5.88. The number of hydrogen-bond donors (Lipinski definition) is 1. The number of carbonyl (C=O) groups excluding carboxylic acids is 1. The van der Waals surface area contributed by atoms with Crippen molar-refractivity contribution in [1.82, 2.24) is 4.57 Å². The number of nitrogens with one attached hydrogen (secondary N) is 1. The molecule has 0 fully saturated rings. The van der Waals surface area contributed by atoms with E-state index in [1.54, 1.807) is 14.0 Å². The summed E-state index contributed by atoms with van der Waals surface area (Å²) >= 11 is 0. The lowest BCUT2D eigenvalue weighted by Crippen LogP contribution is -2.09. The van der Waals surface area contributed by atoms with Crippen LogP contribution in [-0.2, 0) is 4.74 Å². The quantitative estimate of drug-likeness (QED) is 0.841. The summed E-state index contributed by atoms with van der Waals surface area (Å²) < 4.78 is 7.00. The summed E-state index contributed by atoms with van der Waals surface area (Å²) in [5, 5.41) is 3.00. The third kappa shape index (κ3) is 2.37. The van der Waals surface area contributed by atoms with Crippen molar-refractivity contribution in [2.24, 2.45) is 0 Å². The Balaban J connectivity index is 2.42. The highest BCUT2D eigenvalue weighted by Crippen LogP contribution is 2.20. The van der Waals surface area contributed by atoms with Gasteiger partial charge < -0.3 is 14.6 Å². The molecule has 1 heterocycles. The van der Waals surface area contributed by atoms with Crippen LogP contribution in [0.25, 0.3) is 5.69 Å². The van der Waals surface area contributed by atoms with Crippen LogP contribution < -0.4 is 5.32 Å². The molecule has 0 atom stereocenters. The molecule has 0 spiro atoms. The Morgan fingerprint density at radius 2 is 2.06 bits per heavy atom. The van der Waals surface area contributed by atoms with E-state index in [2.05, 4.69) is 5.32 Å². The van der Waals surface area contributed by atoms with Gasteiger partial charge in [0.2, 0.25) is 0 Å². The van der Waals surface area contributed by atoms with E-state index in [1.165, 1.54) is 0 Å². The van der Waals surface area contributed by atoms with E-state index in [0.29, 0.717) is 12.2 Å². The van der Waals surface area contributed by atoms with Crippen molar-refractivity contribution in [3.05, 3.63) is 48.3 Å².